The first-order chi connectivity index (χ1) is 14.3. The Morgan fingerprint density at radius 2 is 1.97 bits per heavy atom. The molecule has 154 valence electrons. The van der Waals surface area contributed by atoms with Crippen molar-refractivity contribution >= 4 is 43.1 Å². The molecule has 0 radical (unpaired) electrons. The van der Waals surface area contributed by atoms with Gasteiger partial charge in [0, 0.05) is 23.6 Å². The minimum atomic E-state index is -3.93. The third-order valence-electron chi connectivity index (χ3n) is 4.42. The van der Waals surface area contributed by atoms with Crippen molar-refractivity contribution in [3.8, 4) is 0 Å². The Labute approximate surface area is 176 Å². The standard InChI is InChI=1S/C20H17FN4O3S2/c1-13-23-24-20(29-13)22-19(26)12-30(27,28)18-11-25(17-8-3-2-7-16(17)18)10-14-5-4-6-15(21)9-14/h2-9,11H,10,12H2,1H3,(H,22,24,26). The van der Waals surface area contributed by atoms with E-state index in [0.717, 1.165) is 11.3 Å². The number of aromatic nitrogens is 3. The number of para-hydroxylation sites is 1. The predicted molar refractivity (Wildman–Crippen MR) is 113 cm³/mol. The molecule has 2 aromatic carbocycles. The third-order valence-corrected chi connectivity index (χ3v) is 6.81. The first-order valence-electron chi connectivity index (χ1n) is 8.97. The summed E-state index contributed by atoms with van der Waals surface area (Å²) in [5.74, 6) is -1.77. The van der Waals surface area contributed by atoms with Crippen LogP contribution in [-0.2, 0) is 21.2 Å². The van der Waals surface area contributed by atoms with Gasteiger partial charge in [-0.15, -0.1) is 10.2 Å². The zero-order valence-electron chi connectivity index (χ0n) is 15.9. The molecule has 0 fully saturated rings. The molecule has 30 heavy (non-hydrogen) atoms. The van der Waals surface area contributed by atoms with Crippen LogP contribution in [0.1, 0.15) is 10.6 Å². The SMILES string of the molecule is Cc1nnc(NC(=O)CS(=O)(=O)c2cn(Cc3cccc(F)c3)c3ccccc23)s1. The first kappa shape index (κ1) is 20.2. The van der Waals surface area contributed by atoms with Gasteiger partial charge in [0.05, 0.1) is 4.90 Å². The molecular weight excluding hydrogens is 427 g/mol. The molecule has 0 unspecified atom stereocenters. The van der Waals surface area contributed by atoms with E-state index in [1.54, 1.807) is 47.9 Å². The summed E-state index contributed by atoms with van der Waals surface area (Å²) in [6.45, 7) is 2.03. The summed E-state index contributed by atoms with van der Waals surface area (Å²) >= 11 is 1.16. The summed E-state index contributed by atoms with van der Waals surface area (Å²) in [4.78, 5) is 12.3. The zero-order chi connectivity index (χ0) is 21.3. The van der Waals surface area contributed by atoms with Crippen LogP contribution in [0.5, 0.6) is 0 Å². The van der Waals surface area contributed by atoms with E-state index in [-0.39, 0.29) is 15.8 Å². The average molecular weight is 445 g/mol. The van der Waals surface area contributed by atoms with E-state index >= 15 is 0 Å². The fourth-order valence-electron chi connectivity index (χ4n) is 3.18. The summed E-state index contributed by atoms with van der Waals surface area (Å²) in [6.07, 6.45) is 1.49. The molecule has 0 aliphatic rings. The van der Waals surface area contributed by atoms with Crippen LogP contribution in [0.3, 0.4) is 0 Å². The lowest BCUT2D eigenvalue weighted by Crippen LogP contribution is -2.22. The van der Waals surface area contributed by atoms with Gasteiger partial charge in [-0.3, -0.25) is 10.1 Å². The number of rotatable bonds is 6. The van der Waals surface area contributed by atoms with Crippen molar-refractivity contribution in [1.29, 1.82) is 0 Å². The molecule has 10 heteroatoms. The maximum Gasteiger partial charge on any atom is 0.241 e. The Morgan fingerprint density at radius 3 is 2.70 bits per heavy atom. The van der Waals surface area contributed by atoms with Crippen LogP contribution in [-0.4, -0.2) is 34.8 Å². The molecule has 0 atom stereocenters. The summed E-state index contributed by atoms with van der Waals surface area (Å²) in [7, 11) is -3.93. The zero-order valence-corrected chi connectivity index (χ0v) is 17.5. The number of hydrogen-bond donors (Lipinski definition) is 1. The van der Waals surface area contributed by atoms with Crippen LogP contribution in [0.25, 0.3) is 10.9 Å². The van der Waals surface area contributed by atoms with Crippen molar-refractivity contribution in [3.63, 3.8) is 0 Å². The van der Waals surface area contributed by atoms with Gasteiger partial charge in [-0.05, 0) is 30.7 Å². The van der Waals surface area contributed by atoms with Gasteiger partial charge >= 0.3 is 0 Å². The molecule has 0 aliphatic heterocycles. The number of nitrogens with one attached hydrogen (secondary N) is 1. The van der Waals surface area contributed by atoms with E-state index in [1.165, 1.54) is 18.3 Å². The Balaban J connectivity index is 1.65. The van der Waals surface area contributed by atoms with Crippen molar-refractivity contribution < 1.29 is 17.6 Å². The molecule has 1 amide bonds. The summed E-state index contributed by atoms with van der Waals surface area (Å²) in [6, 6.07) is 13.1. The molecule has 7 nitrogen and oxygen atoms in total. The quantitative estimate of drug-likeness (QED) is 0.492. The van der Waals surface area contributed by atoms with Gasteiger partial charge in [-0.2, -0.15) is 0 Å². The van der Waals surface area contributed by atoms with Crippen LogP contribution >= 0.6 is 11.3 Å². The highest BCUT2D eigenvalue weighted by Gasteiger charge is 2.25. The van der Waals surface area contributed by atoms with Crippen molar-refractivity contribution in [2.24, 2.45) is 0 Å². The molecule has 0 saturated carbocycles. The Morgan fingerprint density at radius 1 is 1.17 bits per heavy atom. The number of fused-ring (bicyclic) bond motifs is 1. The van der Waals surface area contributed by atoms with E-state index in [9.17, 15) is 17.6 Å². The number of anilines is 1. The number of nitrogens with zero attached hydrogens (tertiary/aromatic N) is 3. The number of carbonyl (C=O) groups is 1. The van der Waals surface area contributed by atoms with Crippen molar-refractivity contribution in [2.45, 2.75) is 18.4 Å². The van der Waals surface area contributed by atoms with Crippen LogP contribution < -0.4 is 5.32 Å². The Kier molecular flexibility index (Phi) is 5.35. The fraction of sp³-hybridized carbons (Fsp3) is 0.150. The number of halogens is 1. The van der Waals surface area contributed by atoms with Crippen LogP contribution in [0.2, 0.25) is 0 Å². The van der Waals surface area contributed by atoms with Gasteiger partial charge in [-0.25, -0.2) is 12.8 Å². The van der Waals surface area contributed by atoms with Crippen molar-refractivity contribution in [3.05, 3.63) is 71.1 Å². The third kappa shape index (κ3) is 4.24. The summed E-state index contributed by atoms with van der Waals surface area (Å²) in [5, 5.41) is 11.5. The topological polar surface area (TPSA) is 94.0 Å². The van der Waals surface area contributed by atoms with E-state index in [4.69, 9.17) is 0 Å². The lowest BCUT2D eigenvalue weighted by Gasteiger charge is -2.05. The fourth-order valence-corrected chi connectivity index (χ4v) is 5.15. The highest BCUT2D eigenvalue weighted by molar-refractivity contribution is 7.92. The highest BCUT2D eigenvalue weighted by atomic mass is 32.2. The smallest absolute Gasteiger partial charge is 0.241 e. The second-order valence-corrected chi connectivity index (χ2v) is 9.84. The van der Waals surface area contributed by atoms with Gasteiger partial charge in [0.15, 0.2) is 9.84 Å². The van der Waals surface area contributed by atoms with Gasteiger partial charge in [0.25, 0.3) is 0 Å². The maximum absolute atomic E-state index is 13.5. The molecule has 0 saturated heterocycles. The molecule has 0 bridgehead atoms. The van der Waals surface area contributed by atoms with E-state index in [0.29, 0.717) is 28.0 Å². The lowest BCUT2D eigenvalue weighted by atomic mass is 10.2. The molecule has 4 aromatic rings. The van der Waals surface area contributed by atoms with Crippen molar-refractivity contribution in [2.75, 3.05) is 11.1 Å². The Bertz CT molecular complexity index is 1350. The normalized spacial score (nSPS) is 11.7. The summed E-state index contributed by atoms with van der Waals surface area (Å²) in [5.41, 5.74) is 1.38. The molecule has 2 heterocycles. The number of hydrogen-bond acceptors (Lipinski definition) is 6. The molecule has 2 aromatic heterocycles. The monoisotopic (exact) mass is 444 g/mol. The predicted octanol–water partition coefficient (Wildman–Crippen LogP) is 3.40. The van der Waals surface area contributed by atoms with Crippen LogP contribution in [0.4, 0.5) is 9.52 Å². The van der Waals surface area contributed by atoms with E-state index in [2.05, 4.69) is 15.5 Å². The summed E-state index contributed by atoms with van der Waals surface area (Å²) < 4.78 is 41.3. The average Bonchev–Trinajstić information content (AvgIpc) is 3.25. The minimum absolute atomic E-state index is 0.0538. The largest absolute Gasteiger partial charge is 0.342 e. The molecule has 4 rings (SSSR count). The second kappa shape index (κ2) is 7.96. The molecule has 0 spiro atoms. The lowest BCUT2D eigenvalue weighted by molar-refractivity contribution is -0.113. The number of sulfone groups is 1. The van der Waals surface area contributed by atoms with E-state index in [1.807, 2.05) is 0 Å². The van der Waals surface area contributed by atoms with Gasteiger partial charge in [0.2, 0.25) is 11.0 Å². The van der Waals surface area contributed by atoms with Crippen molar-refractivity contribution in [1.82, 2.24) is 14.8 Å². The number of benzene rings is 2. The van der Waals surface area contributed by atoms with Gasteiger partial charge in [0.1, 0.15) is 16.6 Å². The highest BCUT2D eigenvalue weighted by Crippen LogP contribution is 2.27. The number of aryl methyl sites for hydroxylation is 1. The number of amides is 1. The van der Waals surface area contributed by atoms with Gasteiger partial charge in [-0.1, -0.05) is 41.7 Å². The first-order valence-corrected chi connectivity index (χ1v) is 11.4. The Hall–Kier alpha value is -3.11. The number of carbonyl (C=O) groups excluding carboxylic acids is 1. The maximum atomic E-state index is 13.5. The molecular formula is C20H17FN4O3S2. The molecule has 0 aliphatic carbocycles. The molecule has 1 N–H and O–H groups in total. The van der Waals surface area contributed by atoms with Crippen LogP contribution in [0.15, 0.2) is 59.6 Å². The minimum Gasteiger partial charge on any atom is -0.342 e. The van der Waals surface area contributed by atoms with E-state index < -0.39 is 21.5 Å². The van der Waals surface area contributed by atoms with Gasteiger partial charge < -0.3 is 4.57 Å². The second-order valence-electron chi connectivity index (χ2n) is 6.70. The van der Waals surface area contributed by atoms with Crippen LogP contribution in [0, 0.1) is 12.7 Å².